The Balaban J connectivity index is 1.49. The molecular formula is C24H21FN2O4S2. The maximum atomic E-state index is 13.7. The highest BCUT2D eigenvalue weighted by Crippen LogP contribution is 2.31. The number of hydrogen-bond donors (Lipinski definition) is 1. The van der Waals surface area contributed by atoms with Gasteiger partial charge in [-0.2, -0.15) is 0 Å². The van der Waals surface area contributed by atoms with Crippen LogP contribution >= 0.6 is 11.3 Å². The van der Waals surface area contributed by atoms with E-state index in [1.807, 2.05) is 12.1 Å². The van der Waals surface area contributed by atoms with Gasteiger partial charge in [-0.15, -0.1) is 11.3 Å². The highest BCUT2D eigenvalue weighted by Gasteiger charge is 2.23. The second-order valence-electron chi connectivity index (χ2n) is 7.61. The molecule has 33 heavy (non-hydrogen) atoms. The van der Waals surface area contributed by atoms with Crippen LogP contribution in [0.5, 0.6) is 5.75 Å². The molecule has 0 aliphatic heterocycles. The summed E-state index contributed by atoms with van der Waals surface area (Å²) in [7, 11) is -3.92. The number of rotatable bonds is 7. The van der Waals surface area contributed by atoms with Crippen molar-refractivity contribution in [3.05, 3.63) is 83.2 Å². The smallest absolute Gasteiger partial charge is 0.261 e. The van der Waals surface area contributed by atoms with Crippen molar-refractivity contribution < 1.29 is 22.3 Å². The molecule has 6 nitrogen and oxygen atoms in total. The summed E-state index contributed by atoms with van der Waals surface area (Å²) in [6.07, 6.45) is 3.08. The highest BCUT2D eigenvalue weighted by atomic mass is 32.2. The van der Waals surface area contributed by atoms with E-state index in [1.165, 1.54) is 29.5 Å². The summed E-state index contributed by atoms with van der Waals surface area (Å²) in [5, 5.41) is 3.80. The van der Waals surface area contributed by atoms with Crippen LogP contribution in [0, 0.1) is 5.82 Å². The Kier molecular flexibility index (Phi) is 6.44. The van der Waals surface area contributed by atoms with Gasteiger partial charge in [0.05, 0.1) is 20.6 Å². The maximum Gasteiger partial charge on any atom is 0.261 e. The van der Waals surface area contributed by atoms with E-state index in [0.717, 1.165) is 27.8 Å². The molecule has 0 aliphatic rings. The molecule has 0 unspecified atom stereocenters. The molecule has 0 saturated heterocycles. The summed E-state index contributed by atoms with van der Waals surface area (Å²) in [6, 6.07) is 13.2. The number of hydrogen-bond acceptors (Lipinski definition) is 6. The average molecular weight is 485 g/mol. The lowest BCUT2D eigenvalue weighted by atomic mass is 10.2. The monoisotopic (exact) mass is 484 g/mol. The Hall–Kier alpha value is -3.30. The van der Waals surface area contributed by atoms with Crippen LogP contribution in [0.15, 0.2) is 76.8 Å². The van der Waals surface area contributed by atoms with Crippen molar-refractivity contribution in [1.29, 1.82) is 0 Å². The van der Waals surface area contributed by atoms with Crippen molar-refractivity contribution in [3.8, 4) is 5.75 Å². The molecule has 2 aromatic carbocycles. The van der Waals surface area contributed by atoms with E-state index in [2.05, 4.69) is 10.3 Å². The number of aromatic nitrogens is 1. The van der Waals surface area contributed by atoms with Crippen molar-refractivity contribution in [1.82, 2.24) is 10.3 Å². The standard InChI is InChI=1S/C24H21FN2O4S2/c1-15(2)31-20-12-18(25)5-8-23(20)33(29,30)19-6-3-16(4-7-19)13-27-24(28)21-11-17-9-10-26-14-22(17)32-21/h3-12,14-15H,13H2,1-2H3,(H,27,28). The summed E-state index contributed by atoms with van der Waals surface area (Å²) in [6.45, 7) is 3.71. The topological polar surface area (TPSA) is 85.4 Å². The number of carbonyl (C=O) groups is 1. The lowest BCUT2D eigenvalue weighted by Crippen LogP contribution is -2.21. The summed E-state index contributed by atoms with van der Waals surface area (Å²) in [5.74, 6) is -0.819. The van der Waals surface area contributed by atoms with Crippen molar-refractivity contribution >= 4 is 37.2 Å². The third-order valence-electron chi connectivity index (χ3n) is 4.79. The molecule has 170 valence electrons. The Morgan fingerprint density at radius 3 is 2.58 bits per heavy atom. The average Bonchev–Trinajstić information content (AvgIpc) is 3.22. The second kappa shape index (κ2) is 9.29. The van der Waals surface area contributed by atoms with Gasteiger partial charge in [-0.05, 0) is 61.2 Å². The van der Waals surface area contributed by atoms with Crippen LogP contribution < -0.4 is 10.1 Å². The van der Waals surface area contributed by atoms with E-state index in [-0.39, 0.29) is 34.1 Å². The van der Waals surface area contributed by atoms with E-state index in [9.17, 15) is 17.6 Å². The van der Waals surface area contributed by atoms with Crippen LogP contribution in [0.25, 0.3) is 10.1 Å². The van der Waals surface area contributed by atoms with Crippen LogP contribution in [0.4, 0.5) is 4.39 Å². The van der Waals surface area contributed by atoms with Crippen molar-refractivity contribution in [2.24, 2.45) is 0 Å². The molecule has 9 heteroatoms. The van der Waals surface area contributed by atoms with E-state index < -0.39 is 15.7 Å². The zero-order valence-corrected chi connectivity index (χ0v) is 19.5. The number of pyridine rings is 1. The number of halogens is 1. The SMILES string of the molecule is CC(C)Oc1cc(F)ccc1S(=O)(=O)c1ccc(CNC(=O)c2cc3ccncc3s2)cc1. The van der Waals surface area contributed by atoms with Gasteiger partial charge in [0.1, 0.15) is 16.5 Å². The molecule has 2 heterocycles. The molecule has 0 radical (unpaired) electrons. The summed E-state index contributed by atoms with van der Waals surface area (Å²) in [4.78, 5) is 17.1. The molecule has 4 rings (SSSR count). The Morgan fingerprint density at radius 2 is 1.88 bits per heavy atom. The fourth-order valence-corrected chi connectivity index (χ4v) is 5.54. The van der Waals surface area contributed by atoms with Crippen LogP contribution in [0.1, 0.15) is 29.1 Å². The zero-order chi connectivity index (χ0) is 23.6. The number of nitrogens with zero attached hydrogens (tertiary/aromatic N) is 1. The van der Waals surface area contributed by atoms with Gasteiger partial charge in [0.2, 0.25) is 9.84 Å². The summed E-state index contributed by atoms with van der Waals surface area (Å²) >= 11 is 1.36. The van der Waals surface area contributed by atoms with Crippen molar-refractivity contribution in [2.75, 3.05) is 0 Å². The molecule has 2 aromatic heterocycles. The first-order valence-corrected chi connectivity index (χ1v) is 12.5. The van der Waals surface area contributed by atoms with Gasteiger partial charge in [-0.1, -0.05) is 12.1 Å². The number of sulfone groups is 1. The normalized spacial score (nSPS) is 11.6. The van der Waals surface area contributed by atoms with Gasteiger partial charge in [0.25, 0.3) is 5.91 Å². The van der Waals surface area contributed by atoms with Crippen LogP contribution in [-0.4, -0.2) is 25.4 Å². The summed E-state index contributed by atoms with van der Waals surface area (Å²) < 4.78 is 46.3. The van der Waals surface area contributed by atoms with Gasteiger partial charge >= 0.3 is 0 Å². The van der Waals surface area contributed by atoms with Crippen LogP contribution in [-0.2, 0) is 16.4 Å². The Labute approximate surface area is 195 Å². The van der Waals surface area contributed by atoms with E-state index >= 15 is 0 Å². The first kappa shape index (κ1) is 22.9. The molecule has 4 aromatic rings. The van der Waals surface area contributed by atoms with Crippen LogP contribution in [0.2, 0.25) is 0 Å². The zero-order valence-electron chi connectivity index (χ0n) is 17.9. The van der Waals surface area contributed by atoms with E-state index in [1.54, 1.807) is 38.4 Å². The number of carbonyl (C=O) groups excluding carboxylic acids is 1. The maximum absolute atomic E-state index is 13.7. The minimum Gasteiger partial charge on any atom is -0.490 e. The molecule has 0 spiro atoms. The molecule has 0 aliphatic carbocycles. The lowest BCUT2D eigenvalue weighted by Gasteiger charge is -2.15. The number of thiophene rings is 1. The first-order chi connectivity index (χ1) is 15.7. The predicted octanol–water partition coefficient (Wildman–Crippen LogP) is 4.99. The van der Waals surface area contributed by atoms with Crippen LogP contribution in [0.3, 0.4) is 0 Å². The number of benzene rings is 2. The van der Waals surface area contributed by atoms with Gasteiger partial charge < -0.3 is 10.1 Å². The summed E-state index contributed by atoms with van der Waals surface area (Å²) in [5.41, 5.74) is 0.739. The minimum absolute atomic E-state index is 0.0279. The molecule has 1 amide bonds. The third kappa shape index (κ3) is 5.04. The lowest BCUT2D eigenvalue weighted by molar-refractivity contribution is 0.0955. The molecule has 0 saturated carbocycles. The van der Waals surface area contributed by atoms with Crippen molar-refractivity contribution in [2.45, 2.75) is 36.3 Å². The Morgan fingerprint density at radius 1 is 1.12 bits per heavy atom. The van der Waals surface area contributed by atoms with Gasteiger partial charge in [0, 0.05) is 25.0 Å². The first-order valence-electron chi connectivity index (χ1n) is 10.2. The fourth-order valence-electron chi connectivity index (χ4n) is 3.23. The fraction of sp³-hybridized carbons (Fsp3) is 0.167. The highest BCUT2D eigenvalue weighted by molar-refractivity contribution is 7.91. The van der Waals surface area contributed by atoms with Gasteiger partial charge in [-0.3, -0.25) is 9.78 Å². The molecular weight excluding hydrogens is 463 g/mol. The Bertz CT molecular complexity index is 1380. The number of amides is 1. The van der Waals surface area contributed by atoms with E-state index in [0.29, 0.717) is 4.88 Å². The molecule has 0 atom stereocenters. The molecule has 0 fully saturated rings. The quantitative estimate of drug-likeness (QED) is 0.374. The van der Waals surface area contributed by atoms with Gasteiger partial charge in [-0.25, -0.2) is 12.8 Å². The predicted molar refractivity (Wildman–Crippen MR) is 125 cm³/mol. The molecule has 0 bridgehead atoms. The van der Waals surface area contributed by atoms with E-state index in [4.69, 9.17) is 4.74 Å². The number of ether oxygens (including phenoxy) is 1. The number of nitrogens with one attached hydrogen (secondary N) is 1. The number of fused-ring (bicyclic) bond motifs is 1. The molecule has 1 N–H and O–H groups in total. The van der Waals surface area contributed by atoms with Crippen molar-refractivity contribution in [3.63, 3.8) is 0 Å². The minimum atomic E-state index is -3.92. The largest absolute Gasteiger partial charge is 0.490 e. The second-order valence-corrected chi connectivity index (χ2v) is 10.6. The third-order valence-corrected chi connectivity index (χ3v) is 7.68. The van der Waals surface area contributed by atoms with Gasteiger partial charge in [0.15, 0.2) is 0 Å².